The zero-order valence-electron chi connectivity index (χ0n) is 16.0. The van der Waals surface area contributed by atoms with Gasteiger partial charge in [-0.1, -0.05) is 23.7 Å². The molecule has 2 heterocycles. The maximum Gasteiger partial charge on any atom is 0.376 e. The number of aliphatic imine (C=N–C) groups is 1. The zero-order valence-corrected chi connectivity index (χ0v) is 16.7. The minimum absolute atomic E-state index is 0.0603. The fourth-order valence-corrected chi connectivity index (χ4v) is 4.04. The predicted octanol–water partition coefficient (Wildman–Crippen LogP) is 3.10. The third kappa shape index (κ3) is 4.10. The molecule has 0 amide bonds. The van der Waals surface area contributed by atoms with E-state index in [1.54, 1.807) is 25.0 Å². The molecule has 2 N–H and O–H groups in total. The summed E-state index contributed by atoms with van der Waals surface area (Å²) in [6.45, 7) is 3.22. The number of rotatable bonds is 3. The van der Waals surface area contributed by atoms with Crippen molar-refractivity contribution >= 4 is 36.1 Å². The van der Waals surface area contributed by atoms with E-state index in [-0.39, 0.29) is 12.5 Å². The van der Waals surface area contributed by atoms with Gasteiger partial charge in [-0.05, 0) is 37.2 Å². The molecular formula is C20H21BClN3O4. The summed E-state index contributed by atoms with van der Waals surface area (Å²) in [5.41, 5.74) is 1.45. The van der Waals surface area contributed by atoms with Crippen LogP contribution in [0, 0.1) is 0 Å². The van der Waals surface area contributed by atoms with Crippen LogP contribution in [0.2, 0.25) is 11.8 Å². The summed E-state index contributed by atoms with van der Waals surface area (Å²) >= 11 is 6.17. The zero-order chi connectivity index (χ0) is 20.5. The van der Waals surface area contributed by atoms with Crippen molar-refractivity contribution in [1.29, 1.82) is 0 Å². The van der Waals surface area contributed by atoms with Crippen molar-refractivity contribution in [3.05, 3.63) is 53.1 Å². The fourth-order valence-electron chi connectivity index (χ4n) is 3.88. The highest BCUT2D eigenvalue weighted by atomic mass is 35.5. The Balaban J connectivity index is 1.74. The molecule has 2 aliphatic rings. The minimum Gasteiger partial charge on any atom is -0.481 e. The molecule has 150 valence electrons. The molecule has 2 aliphatic heterocycles. The largest absolute Gasteiger partial charge is 0.481 e. The smallest absolute Gasteiger partial charge is 0.376 e. The van der Waals surface area contributed by atoms with Gasteiger partial charge in [-0.3, -0.25) is 4.79 Å². The number of carboxylic acids is 1. The average Bonchev–Trinajstić information content (AvgIpc) is 2.83. The molecule has 2 aromatic rings. The van der Waals surface area contributed by atoms with Gasteiger partial charge in [-0.25, -0.2) is 4.99 Å². The van der Waals surface area contributed by atoms with Gasteiger partial charge >= 0.3 is 13.0 Å². The summed E-state index contributed by atoms with van der Waals surface area (Å²) in [4.78, 5) is 20.1. The molecule has 9 heteroatoms. The molecule has 0 radical (unpaired) electrons. The summed E-state index contributed by atoms with van der Waals surface area (Å²) in [7, 11) is -0.715. The monoisotopic (exact) mass is 413 g/mol. The Morgan fingerprint density at radius 1 is 1.28 bits per heavy atom. The van der Waals surface area contributed by atoms with Crippen LogP contribution in [0.1, 0.15) is 12.0 Å². The van der Waals surface area contributed by atoms with Crippen molar-refractivity contribution in [1.82, 2.24) is 9.71 Å². The van der Waals surface area contributed by atoms with Gasteiger partial charge in [0.25, 0.3) is 0 Å². The Morgan fingerprint density at radius 2 is 2.07 bits per heavy atom. The maximum absolute atomic E-state index is 11.4. The minimum atomic E-state index is -0.897. The summed E-state index contributed by atoms with van der Waals surface area (Å²) < 4.78 is 6.08. The molecule has 2 aromatic carbocycles. The van der Waals surface area contributed by atoms with Gasteiger partial charge in [0.2, 0.25) is 0 Å². The highest BCUT2D eigenvalue weighted by molar-refractivity contribution is 6.45. The highest BCUT2D eigenvalue weighted by Gasteiger charge is 2.35. The number of amidine groups is 1. The van der Waals surface area contributed by atoms with Gasteiger partial charge in [0, 0.05) is 30.7 Å². The van der Waals surface area contributed by atoms with Gasteiger partial charge in [0.05, 0.1) is 12.0 Å². The maximum atomic E-state index is 11.4. The van der Waals surface area contributed by atoms with Gasteiger partial charge in [0.1, 0.15) is 17.3 Å². The molecule has 7 nitrogen and oxygen atoms in total. The van der Waals surface area contributed by atoms with E-state index in [1.807, 2.05) is 29.1 Å². The van der Waals surface area contributed by atoms with Crippen molar-refractivity contribution in [2.45, 2.75) is 19.3 Å². The lowest BCUT2D eigenvalue weighted by molar-refractivity contribution is -0.138. The van der Waals surface area contributed by atoms with Crippen LogP contribution in [0.15, 0.2) is 47.5 Å². The quantitative estimate of drug-likeness (QED) is 0.752. The first-order valence-electron chi connectivity index (χ1n) is 9.48. The number of benzene rings is 2. The van der Waals surface area contributed by atoms with Crippen LogP contribution in [0.4, 0.5) is 5.69 Å². The molecule has 0 saturated carbocycles. The molecule has 0 aromatic heterocycles. The first-order valence-corrected chi connectivity index (χ1v) is 9.86. The standard InChI is InChI=1S/C20H21BClN3O4/c1-21(28)25-9-8-24(12-14(25)11-19(26)27)20-15-4-2-3-5-17(15)29-18-7-6-13(22)10-16(18)23-20/h2-7,10,14,28H,8-9,11-12H2,1H3,(H,26,27)/t14-/m0/s1. The van der Waals surface area contributed by atoms with E-state index < -0.39 is 13.0 Å². The lowest BCUT2D eigenvalue weighted by atomic mass is 9.81. The number of aliphatic carboxylic acids is 1. The normalized spacial score (nSPS) is 18.8. The number of carboxylic acid groups (broad SMARTS) is 1. The fraction of sp³-hybridized carbons (Fsp3) is 0.300. The average molecular weight is 414 g/mol. The van der Waals surface area contributed by atoms with Crippen molar-refractivity contribution < 1.29 is 19.7 Å². The number of carbonyl (C=O) groups is 1. The molecule has 4 rings (SSSR count). The Morgan fingerprint density at radius 3 is 2.83 bits per heavy atom. The number of ether oxygens (including phenoxy) is 1. The summed E-state index contributed by atoms with van der Waals surface area (Å²) in [5, 5.41) is 20.0. The number of piperazine rings is 1. The SMILES string of the molecule is CB(O)N1CCN(C2=Nc3cc(Cl)ccc3Oc3ccccc32)C[C@@H]1CC(=O)O. The molecule has 1 saturated heterocycles. The Bertz CT molecular complexity index is 968. The van der Waals surface area contributed by atoms with Crippen LogP contribution >= 0.6 is 11.6 Å². The molecule has 0 aliphatic carbocycles. The van der Waals surface area contributed by atoms with E-state index in [9.17, 15) is 14.9 Å². The third-order valence-electron chi connectivity index (χ3n) is 5.21. The second-order valence-corrected chi connectivity index (χ2v) is 7.65. The first-order chi connectivity index (χ1) is 13.9. The number of fused-ring (bicyclic) bond motifs is 2. The first kappa shape index (κ1) is 19.8. The molecule has 29 heavy (non-hydrogen) atoms. The lowest BCUT2D eigenvalue weighted by Gasteiger charge is -2.42. The van der Waals surface area contributed by atoms with E-state index in [0.29, 0.717) is 47.7 Å². The second-order valence-electron chi connectivity index (χ2n) is 7.21. The van der Waals surface area contributed by atoms with Crippen molar-refractivity contribution in [2.24, 2.45) is 4.99 Å². The highest BCUT2D eigenvalue weighted by Crippen LogP contribution is 2.39. The Kier molecular flexibility index (Phi) is 5.49. The van der Waals surface area contributed by atoms with Crippen molar-refractivity contribution in [3.8, 4) is 11.5 Å². The molecule has 1 atom stereocenters. The summed E-state index contributed by atoms with van der Waals surface area (Å²) in [6, 6.07) is 12.6. The second kappa shape index (κ2) is 8.06. The number of hydrogen-bond acceptors (Lipinski definition) is 6. The van der Waals surface area contributed by atoms with Crippen LogP contribution in [0.5, 0.6) is 11.5 Å². The van der Waals surface area contributed by atoms with E-state index in [0.717, 1.165) is 5.56 Å². The van der Waals surface area contributed by atoms with Crippen molar-refractivity contribution in [3.63, 3.8) is 0 Å². The number of para-hydroxylation sites is 1. The number of halogens is 1. The van der Waals surface area contributed by atoms with Gasteiger partial charge in [0.15, 0.2) is 5.75 Å². The van der Waals surface area contributed by atoms with Gasteiger partial charge < -0.3 is 24.6 Å². The molecule has 1 fully saturated rings. The lowest BCUT2D eigenvalue weighted by Crippen LogP contribution is -2.59. The third-order valence-corrected chi connectivity index (χ3v) is 5.45. The summed E-state index contributed by atoms with van der Waals surface area (Å²) in [5.74, 6) is 1.11. The molecule has 0 spiro atoms. The Hall–Kier alpha value is -2.55. The van der Waals surface area contributed by atoms with Crippen LogP contribution in [-0.2, 0) is 4.79 Å². The van der Waals surface area contributed by atoms with E-state index in [1.165, 1.54) is 0 Å². The van der Waals surface area contributed by atoms with Gasteiger partial charge in [-0.15, -0.1) is 0 Å². The van der Waals surface area contributed by atoms with Crippen LogP contribution in [0.3, 0.4) is 0 Å². The van der Waals surface area contributed by atoms with Crippen LogP contribution in [-0.4, -0.2) is 64.4 Å². The Labute approximate surface area is 174 Å². The van der Waals surface area contributed by atoms with E-state index in [2.05, 4.69) is 4.90 Å². The molecular weight excluding hydrogens is 393 g/mol. The van der Waals surface area contributed by atoms with E-state index >= 15 is 0 Å². The molecule has 0 unspecified atom stereocenters. The number of hydrogen-bond donors (Lipinski definition) is 2. The molecule has 0 bridgehead atoms. The number of nitrogens with zero attached hydrogens (tertiary/aromatic N) is 3. The van der Waals surface area contributed by atoms with Crippen LogP contribution in [0.25, 0.3) is 0 Å². The van der Waals surface area contributed by atoms with Gasteiger partial charge in [-0.2, -0.15) is 0 Å². The van der Waals surface area contributed by atoms with Crippen LogP contribution < -0.4 is 4.74 Å². The van der Waals surface area contributed by atoms with Crippen molar-refractivity contribution in [2.75, 3.05) is 19.6 Å². The topological polar surface area (TPSA) is 85.6 Å². The van der Waals surface area contributed by atoms with E-state index in [4.69, 9.17) is 21.3 Å². The predicted molar refractivity (Wildman–Crippen MR) is 112 cm³/mol. The summed E-state index contributed by atoms with van der Waals surface area (Å²) in [6.07, 6.45) is -0.0603.